The number of nitrogen functional groups attached to an aromatic ring is 1. The number of carbonyl (C=O) groups is 2. The monoisotopic (exact) mass is 438 g/mol. The standard InChI is InChI=1S/C24H31N5O3/c1-3-13-32-18-8-5-15(6-9-18)22-21(24(26)31)23(25)29(27-22)17-7-10-19-16(14-17)11-12-28(19)20(30)4-2/h4-6,8-9,16-17,19H,2-3,7,10-14H2,1H3,(H4,25,26,27,31)/p+1. The summed E-state index contributed by atoms with van der Waals surface area (Å²) < 4.78 is 7.55. The van der Waals surface area contributed by atoms with Crippen molar-refractivity contribution in [1.29, 1.82) is 0 Å². The summed E-state index contributed by atoms with van der Waals surface area (Å²) in [6.07, 6.45) is 5.95. The minimum absolute atomic E-state index is 0.00709. The van der Waals surface area contributed by atoms with Crippen molar-refractivity contribution in [1.82, 2.24) is 10.00 Å². The number of primary amides is 1. The summed E-state index contributed by atoms with van der Waals surface area (Å²) in [5.74, 6) is 0.994. The Morgan fingerprint density at radius 2 is 2.03 bits per heavy atom. The van der Waals surface area contributed by atoms with Gasteiger partial charge in [0, 0.05) is 18.2 Å². The van der Waals surface area contributed by atoms with Crippen LogP contribution in [0.4, 0.5) is 5.82 Å². The number of benzene rings is 1. The van der Waals surface area contributed by atoms with Crippen LogP contribution in [0.5, 0.6) is 5.75 Å². The Balaban J connectivity index is 1.59. The maximum absolute atomic E-state index is 12.3. The summed E-state index contributed by atoms with van der Waals surface area (Å²) in [5.41, 5.74) is 13.9. The second kappa shape index (κ2) is 9.06. The molecule has 2 amide bonds. The average molecular weight is 439 g/mol. The average Bonchev–Trinajstić information content (AvgIpc) is 3.38. The lowest BCUT2D eigenvalue weighted by atomic mass is 9.82. The molecule has 8 nitrogen and oxygen atoms in total. The summed E-state index contributed by atoms with van der Waals surface area (Å²) in [4.78, 5) is 26.4. The first kappa shape index (κ1) is 21.9. The molecule has 2 heterocycles. The molecule has 1 aliphatic carbocycles. The Kier molecular flexibility index (Phi) is 6.21. The van der Waals surface area contributed by atoms with E-state index in [9.17, 15) is 9.59 Å². The molecular weight excluding hydrogens is 406 g/mol. The van der Waals surface area contributed by atoms with Crippen LogP contribution in [0.15, 0.2) is 36.9 Å². The first-order chi connectivity index (χ1) is 15.4. The van der Waals surface area contributed by atoms with Gasteiger partial charge >= 0.3 is 5.82 Å². The number of rotatable bonds is 7. The molecule has 0 bridgehead atoms. The summed E-state index contributed by atoms with van der Waals surface area (Å²) in [5, 5.41) is 3.36. The highest BCUT2D eigenvalue weighted by atomic mass is 16.5. The summed E-state index contributed by atoms with van der Waals surface area (Å²) >= 11 is 0. The molecule has 1 aliphatic heterocycles. The van der Waals surface area contributed by atoms with Crippen LogP contribution in [0, 0.1) is 5.92 Å². The predicted octanol–water partition coefficient (Wildman–Crippen LogP) is 2.57. The molecule has 1 aromatic carbocycles. The summed E-state index contributed by atoms with van der Waals surface area (Å²) in [7, 11) is 0. The van der Waals surface area contributed by atoms with Crippen LogP contribution >= 0.6 is 0 Å². The number of hydrogen-bond acceptors (Lipinski definition) is 4. The van der Waals surface area contributed by atoms with Crippen molar-refractivity contribution in [3.63, 3.8) is 0 Å². The zero-order valence-corrected chi connectivity index (χ0v) is 18.5. The molecule has 0 spiro atoms. The first-order valence-corrected chi connectivity index (χ1v) is 11.3. The van der Waals surface area contributed by atoms with Gasteiger partial charge in [-0.1, -0.05) is 13.5 Å². The van der Waals surface area contributed by atoms with E-state index in [1.807, 2.05) is 33.8 Å². The highest BCUT2D eigenvalue weighted by Crippen LogP contribution is 2.40. The summed E-state index contributed by atoms with van der Waals surface area (Å²) in [6, 6.07) is 7.94. The summed E-state index contributed by atoms with van der Waals surface area (Å²) in [6.45, 7) is 7.10. The predicted molar refractivity (Wildman–Crippen MR) is 122 cm³/mol. The molecular formula is C24H32N5O3+. The van der Waals surface area contributed by atoms with Gasteiger partial charge in [0.1, 0.15) is 17.5 Å². The Labute approximate surface area is 188 Å². The molecule has 2 aliphatic rings. The Morgan fingerprint density at radius 1 is 1.28 bits per heavy atom. The van der Waals surface area contributed by atoms with Crippen molar-refractivity contribution in [2.24, 2.45) is 11.7 Å². The van der Waals surface area contributed by atoms with Gasteiger partial charge in [-0.2, -0.15) is 4.68 Å². The Hall–Kier alpha value is -3.29. The van der Waals surface area contributed by atoms with E-state index in [1.165, 1.54) is 6.08 Å². The van der Waals surface area contributed by atoms with Crippen molar-refractivity contribution < 1.29 is 19.0 Å². The zero-order valence-electron chi connectivity index (χ0n) is 18.5. The molecule has 1 saturated heterocycles. The fraction of sp³-hybridized carbons (Fsp3) is 0.458. The second-order valence-electron chi connectivity index (χ2n) is 8.67. The molecule has 0 radical (unpaired) electrons. The number of likely N-dealkylation sites (tertiary alicyclic amines) is 1. The number of H-pyrrole nitrogens is 1. The number of amides is 2. The van der Waals surface area contributed by atoms with Crippen LogP contribution in [-0.4, -0.2) is 41.0 Å². The Morgan fingerprint density at radius 3 is 2.69 bits per heavy atom. The van der Waals surface area contributed by atoms with E-state index in [-0.39, 0.29) is 18.0 Å². The fourth-order valence-electron chi connectivity index (χ4n) is 5.21. The van der Waals surface area contributed by atoms with Gasteiger partial charge < -0.3 is 15.4 Å². The smallest absolute Gasteiger partial charge is 0.306 e. The van der Waals surface area contributed by atoms with Crippen LogP contribution in [0.3, 0.4) is 0 Å². The van der Waals surface area contributed by atoms with E-state index in [0.29, 0.717) is 29.6 Å². The van der Waals surface area contributed by atoms with Gasteiger partial charge in [-0.25, -0.2) is 5.10 Å². The molecule has 8 heteroatoms. The lowest BCUT2D eigenvalue weighted by Gasteiger charge is -2.33. The normalized spacial score (nSPS) is 22.4. The van der Waals surface area contributed by atoms with E-state index < -0.39 is 5.91 Å². The highest BCUT2D eigenvalue weighted by Gasteiger charge is 2.43. The molecule has 170 valence electrons. The van der Waals surface area contributed by atoms with Crippen molar-refractivity contribution in [3.05, 3.63) is 42.5 Å². The van der Waals surface area contributed by atoms with Crippen LogP contribution in [-0.2, 0) is 4.79 Å². The first-order valence-electron chi connectivity index (χ1n) is 11.3. The van der Waals surface area contributed by atoms with Crippen molar-refractivity contribution in [2.45, 2.75) is 51.1 Å². The number of hydrogen-bond donors (Lipinski definition) is 3. The minimum atomic E-state index is -0.559. The molecule has 3 atom stereocenters. The molecule has 1 aromatic heterocycles. The lowest BCUT2D eigenvalue weighted by Crippen LogP contribution is -2.49. The Bertz CT molecular complexity index is 1010. The maximum atomic E-state index is 12.3. The molecule has 3 unspecified atom stereocenters. The molecule has 32 heavy (non-hydrogen) atoms. The van der Waals surface area contributed by atoms with Gasteiger partial charge in [-0.3, -0.25) is 15.3 Å². The van der Waals surface area contributed by atoms with E-state index in [4.69, 9.17) is 16.2 Å². The maximum Gasteiger partial charge on any atom is 0.306 e. The lowest BCUT2D eigenvalue weighted by molar-refractivity contribution is -0.763. The minimum Gasteiger partial charge on any atom is -0.494 e. The van der Waals surface area contributed by atoms with Crippen LogP contribution in [0.25, 0.3) is 11.3 Å². The van der Waals surface area contributed by atoms with Gasteiger partial charge in [0.25, 0.3) is 5.91 Å². The molecule has 1 saturated carbocycles. The SMILES string of the molecule is C=CC(=O)N1CCC2CC([n+]3[nH]c(-c4ccc(OCCC)cc4)c(C(N)=O)c3N)CCC21. The zero-order chi connectivity index (χ0) is 22.8. The number of ether oxygens (including phenoxy) is 1. The highest BCUT2D eigenvalue weighted by molar-refractivity contribution is 6.02. The number of carbonyl (C=O) groups excluding carboxylic acids is 2. The van der Waals surface area contributed by atoms with E-state index in [1.54, 1.807) is 0 Å². The fourth-order valence-corrected chi connectivity index (χ4v) is 5.21. The van der Waals surface area contributed by atoms with Crippen molar-refractivity contribution >= 4 is 17.6 Å². The quantitative estimate of drug-likeness (QED) is 0.455. The second-order valence-corrected chi connectivity index (χ2v) is 8.67. The van der Waals surface area contributed by atoms with Gasteiger partial charge in [0.15, 0.2) is 5.56 Å². The topological polar surface area (TPSA) is 118 Å². The van der Waals surface area contributed by atoms with Crippen molar-refractivity contribution in [3.8, 4) is 17.0 Å². The van der Waals surface area contributed by atoms with Gasteiger partial charge in [-0.05, 0) is 68.4 Å². The number of aromatic nitrogens is 2. The third-order valence-electron chi connectivity index (χ3n) is 6.74. The van der Waals surface area contributed by atoms with Crippen LogP contribution in [0.2, 0.25) is 0 Å². The number of anilines is 1. The van der Waals surface area contributed by atoms with Gasteiger partial charge in [0.05, 0.1) is 6.61 Å². The number of nitrogens with one attached hydrogen (secondary N) is 1. The van der Waals surface area contributed by atoms with Gasteiger partial charge in [-0.15, -0.1) is 0 Å². The third-order valence-corrected chi connectivity index (χ3v) is 6.74. The largest absolute Gasteiger partial charge is 0.494 e. The number of nitrogens with two attached hydrogens (primary N) is 2. The molecule has 4 rings (SSSR count). The molecule has 5 N–H and O–H groups in total. The van der Waals surface area contributed by atoms with Crippen molar-refractivity contribution in [2.75, 3.05) is 18.9 Å². The van der Waals surface area contributed by atoms with Crippen LogP contribution in [0.1, 0.15) is 55.4 Å². The molecule has 2 fully saturated rings. The van der Waals surface area contributed by atoms with Crippen LogP contribution < -0.4 is 20.9 Å². The van der Waals surface area contributed by atoms with E-state index >= 15 is 0 Å². The number of fused-ring (bicyclic) bond motifs is 1. The van der Waals surface area contributed by atoms with Gasteiger partial charge in [0.2, 0.25) is 5.91 Å². The molecule has 2 aromatic rings. The van der Waals surface area contributed by atoms with E-state index in [0.717, 1.165) is 50.0 Å². The van der Waals surface area contributed by atoms with E-state index in [2.05, 4.69) is 18.6 Å². The number of nitrogens with zero attached hydrogens (tertiary/aromatic N) is 2. The number of aromatic amines is 1. The third kappa shape index (κ3) is 3.97.